The zero-order valence-corrected chi connectivity index (χ0v) is 16.2. The highest BCUT2D eigenvalue weighted by atomic mass is 35.5. The number of fused-ring (bicyclic) bond motifs is 1. The molecule has 2 N–H and O–H groups in total. The maximum Gasteiger partial charge on any atom is 0.262 e. The first-order valence-electron chi connectivity index (χ1n) is 8.84. The van der Waals surface area contributed by atoms with Gasteiger partial charge in [0.05, 0.1) is 11.1 Å². The number of rotatable bonds is 4. The summed E-state index contributed by atoms with van der Waals surface area (Å²) in [7, 11) is 0. The van der Waals surface area contributed by atoms with E-state index in [-0.39, 0.29) is 48.0 Å². The molecule has 0 aliphatic carbocycles. The van der Waals surface area contributed by atoms with Gasteiger partial charge in [0.25, 0.3) is 11.8 Å². The second-order valence-electron chi connectivity index (χ2n) is 7.39. The van der Waals surface area contributed by atoms with Crippen LogP contribution in [0.25, 0.3) is 0 Å². The number of hydrogen-bond acceptors (Lipinski definition) is 4. The summed E-state index contributed by atoms with van der Waals surface area (Å²) in [6.07, 6.45) is 0.856. The van der Waals surface area contributed by atoms with Crippen molar-refractivity contribution >= 4 is 30.1 Å². The number of nitrogens with zero attached hydrogens (tertiary/aromatic N) is 2. The van der Waals surface area contributed by atoms with Gasteiger partial charge in [0.2, 0.25) is 5.91 Å². The average molecular weight is 380 g/mol. The Hall–Kier alpha value is -1.92. The second-order valence-corrected chi connectivity index (χ2v) is 7.39. The summed E-state index contributed by atoms with van der Waals surface area (Å²) in [5.74, 6) is -0.814. The Morgan fingerprint density at radius 3 is 2.15 bits per heavy atom. The summed E-state index contributed by atoms with van der Waals surface area (Å²) in [5, 5.41) is 0. The number of nitrogens with two attached hydrogens (primary N) is 1. The van der Waals surface area contributed by atoms with Crippen molar-refractivity contribution < 1.29 is 14.4 Å². The van der Waals surface area contributed by atoms with E-state index in [1.165, 1.54) is 0 Å². The summed E-state index contributed by atoms with van der Waals surface area (Å²) >= 11 is 0. The number of halogens is 1. The van der Waals surface area contributed by atoms with Crippen LogP contribution >= 0.6 is 12.4 Å². The zero-order chi connectivity index (χ0) is 18.3. The van der Waals surface area contributed by atoms with Gasteiger partial charge in [-0.25, -0.2) is 0 Å². The molecule has 0 spiro atoms. The van der Waals surface area contributed by atoms with Gasteiger partial charge in [0, 0.05) is 12.6 Å². The lowest BCUT2D eigenvalue weighted by molar-refractivity contribution is -0.137. The average Bonchev–Trinajstić information content (AvgIpc) is 3.08. The van der Waals surface area contributed by atoms with Crippen LogP contribution < -0.4 is 5.73 Å². The molecule has 1 saturated heterocycles. The van der Waals surface area contributed by atoms with Crippen molar-refractivity contribution in [2.24, 2.45) is 17.6 Å². The molecule has 0 saturated carbocycles. The van der Waals surface area contributed by atoms with Crippen LogP contribution in [0.3, 0.4) is 0 Å². The molecule has 0 aromatic heterocycles. The van der Waals surface area contributed by atoms with E-state index in [2.05, 4.69) is 0 Å². The van der Waals surface area contributed by atoms with Crippen molar-refractivity contribution in [1.82, 2.24) is 9.80 Å². The SMILES string of the molecule is CC(C)C(C(=O)N1CC(CN)CC1C)N1C(=O)c2ccccc2C1=O.Cl. The molecule has 6 nitrogen and oxygen atoms in total. The van der Waals surface area contributed by atoms with E-state index in [9.17, 15) is 14.4 Å². The summed E-state index contributed by atoms with van der Waals surface area (Å²) in [6.45, 7) is 6.85. The number of likely N-dealkylation sites (tertiary alicyclic amines) is 1. The van der Waals surface area contributed by atoms with Crippen molar-refractivity contribution in [1.29, 1.82) is 0 Å². The van der Waals surface area contributed by atoms with Gasteiger partial charge in [-0.3, -0.25) is 19.3 Å². The fourth-order valence-corrected chi connectivity index (χ4v) is 3.94. The molecule has 3 rings (SSSR count). The van der Waals surface area contributed by atoms with Gasteiger partial charge < -0.3 is 10.6 Å². The largest absolute Gasteiger partial charge is 0.338 e. The summed E-state index contributed by atoms with van der Waals surface area (Å²) in [6, 6.07) is 6.02. The molecule has 1 aromatic carbocycles. The number of amides is 3. The summed E-state index contributed by atoms with van der Waals surface area (Å²) in [4.78, 5) is 41.7. The number of carbonyl (C=O) groups excluding carboxylic acids is 3. The molecular formula is C19H26ClN3O3. The third kappa shape index (κ3) is 3.23. The number of hydrogen-bond donors (Lipinski definition) is 1. The normalized spacial score (nSPS) is 23.3. The molecule has 3 amide bonds. The molecule has 1 fully saturated rings. The summed E-state index contributed by atoms with van der Waals surface area (Å²) in [5.41, 5.74) is 6.51. The molecule has 3 unspecified atom stereocenters. The van der Waals surface area contributed by atoms with Gasteiger partial charge in [0.1, 0.15) is 6.04 Å². The molecule has 3 atom stereocenters. The second kappa shape index (κ2) is 7.76. The lowest BCUT2D eigenvalue weighted by Gasteiger charge is -2.33. The molecule has 142 valence electrons. The maximum atomic E-state index is 13.2. The van der Waals surface area contributed by atoms with E-state index < -0.39 is 6.04 Å². The van der Waals surface area contributed by atoms with Crippen LogP contribution in [0.2, 0.25) is 0 Å². The van der Waals surface area contributed by atoms with Gasteiger partial charge in [-0.2, -0.15) is 0 Å². The standard InChI is InChI=1S/C19H25N3O3.ClH/c1-11(2)16(19(25)21-10-13(9-20)8-12(21)3)22-17(23)14-6-4-5-7-15(14)18(22)24;/h4-7,11-13,16H,8-10,20H2,1-3H3;1H. The van der Waals surface area contributed by atoms with Crippen LogP contribution in [0, 0.1) is 11.8 Å². The minimum atomic E-state index is -0.786. The monoisotopic (exact) mass is 379 g/mol. The predicted octanol–water partition coefficient (Wildman–Crippen LogP) is 1.92. The van der Waals surface area contributed by atoms with Crippen molar-refractivity contribution in [3.05, 3.63) is 35.4 Å². The van der Waals surface area contributed by atoms with Gasteiger partial charge in [0.15, 0.2) is 0 Å². The van der Waals surface area contributed by atoms with Crippen molar-refractivity contribution in [3.8, 4) is 0 Å². The molecule has 0 radical (unpaired) electrons. The van der Waals surface area contributed by atoms with E-state index in [4.69, 9.17) is 5.73 Å². The van der Waals surface area contributed by atoms with E-state index in [1.807, 2.05) is 20.8 Å². The van der Waals surface area contributed by atoms with E-state index in [0.717, 1.165) is 11.3 Å². The Morgan fingerprint density at radius 1 is 1.19 bits per heavy atom. The van der Waals surface area contributed by atoms with Gasteiger partial charge in [-0.15, -0.1) is 12.4 Å². The number of imide groups is 1. The fourth-order valence-electron chi connectivity index (χ4n) is 3.94. The van der Waals surface area contributed by atoms with Crippen LogP contribution in [0.4, 0.5) is 0 Å². The lowest BCUT2D eigenvalue weighted by atomic mass is 10.0. The zero-order valence-electron chi connectivity index (χ0n) is 15.3. The van der Waals surface area contributed by atoms with Crippen molar-refractivity contribution in [2.45, 2.75) is 39.3 Å². The Kier molecular flexibility index (Phi) is 6.09. The third-order valence-electron chi connectivity index (χ3n) is 5.27. The minimum Gasteiger partial charge on any atom is -0.338 e. The molecule has 1 aromatic rings. The van der Waals surface area contributed by atoms with Crippen molar-refractivity contribution in [2.75, 3.05) is 13.1 Å². The van der Waals surface area contributed by atoms with Crippen molar-refractivity contribution in [3.63, 3.8) is 0 Å². The Labute approximate surface area is 160 Å². The minimum absolute atomic E-state index is 0. The van der Waals surface area contributed by atoms with Crippen LogP contribution in [0.5, 0.6) is 0 Å². The molecule has 2 heterocycles. The maximum absolute atomic E-state index is 13.2. The first kappa shape index (κ1) is 20.4. The summed E-state index contributed by atoms with van der Waals surface area (Å²) < 4.78 is 0. The predicted molar refractivity (Wildman–Crippen MR) is 101 cm³/mol. The van der Waals surface area contributed by atoms with Crippen LogP contribution in [0.1, 0.15) is 47.9 Å². The fraction of sp³-hybridized carbons (Fsp3) is 0.526. The smallest absolute Gasteiger partial charge is 0.262 e. The van der Waals surface area contributed by atoms with E-state index in [1.54, 1.807) is 29.2 Å². The molecule has 2 aliphatic rings. The van der Waals surface area contributed by atoms with Gasteiger partial charge >= 0.3 is 0 Å². The molecule has 7 heteroatoms. The van der Waals surface area contributed by atoms with Crippen LogP contribution in [-0.4, -0.2) is 52.7 Å². The Morgan fingerprint density at radius 2 is 1.73 bits per heavy atom. The lowest BCUT2D eigenvalue weighted by Crippen LogP contribution is -2.54. The van der Waals surface area contributed by atoms with E-state index >= 15 is 0 Å². The Bertz CT molecular complexity index is 687. The number of benzene rings is 1. The Balaban J connectivity index is 0.00000243. The van der Waals surface area contributed by atoms with Crippen LogP contribution in [0.15, 0.2) is 24.3 Å². The van der Waals surface area contributed by atoms with Gasteiger partial charge in [-0.1, -0.05) is 26.0 Å². The topological polar surface area (TPSA) is 83.7 Å². The first-order valence-corrected chi connectivity index (χ1v) is 8.84. The molecule has 26 heavy (non-hydrogen) atoms. The molecule has 0 bridgehead atoms. The van der Waals surface area contributed by atoms with Gasteiger partial charge in [-0.05, 0) is 43.9 Å². The molecular weight excluding hydrogens is 354 g/mol. The van der Waals surface area contributed by atoms with Crippen LogP contribution in [-0.2, 0) is 4.79 Å². The number of carbonyl (C=O) groups is 3. The highest BCUT2D eigenvalue weighted by molar-refractivity contribution is 6.22. The van der Waals surface area contributed by atoms with E-state index in [0.29, 0.717) is 24.2 Å². The highest BCUT2D eigenvalue weighted by Gasteiger charge is 2.46. The quantitative estimate of drug-likeness (QED) is 0.810. The third-order valence-corrected chi connectivity index (χ3v) is 5.27. The highest BCUT2D eigenvalue weighted by Crippen LogP contribution is 2.30. The first-order chi connectivity index (χ1) is 11.9. The molecule has 2 aliphatic heterocycles.